The van der Waals surface area contributed by atoms with E-state index in [0.717, 1.165) is 70.0 Å². The number of hydrogen-bond acceptors (Lipinski definition) is 4. The van der Waals surface area contributed by atoms with Crippen LogP contribution < -0.4 is 9.80 Å². The molecule has 242 valence electrons. The molecule has 10 aromatic rings. The molecule has 0 aliphatic carbocycles. The lowest BCUT2D eigenvalue weighted by Gasteiger charge is -2.34. The zero-order valence-corrected chi connectivity index (χ0v) is 27.3. The average molecular weight is 669 g/mol. The fourth-order valence-corrected chi connectivity index (χ4v) is 9.43. The van der Waals surface area contributed by atoms with E-state index in [4.69, 9.17) is 0 Å². The molecule has 0 aromatic heterocycles. The molecular weight excluding hydrogens is 645 g/mol. The molecule has 0 bridgehead atoms. The summed E-state index contributed by atoms with van der Waals surface area (Å²) in [5.74, 6) is -0.877. The lowest BCUT2D eigenvalue weighted by atomic mass is 9.80. The SMILES string of the molecule is O=C1c2ccc3c4ccc5c6ccc7c8c(ccc(c9ccc(c%10ccc(c2c3%10)C(=O)N1c1ccccc1)c4c59)c86)C(O)N(c1ccccc1)C7=O. The summed E-state index contributed by atoms with van der Waals surface area (Å²) < 4.78 is 0. The summed E-state index contributed by atoms with van der Waals surface area (Å²) in [6, 6.07) is 42.8. The van der Waals surface area contributed by atoms with Crippen LogP contribution in [-0.2, 0) is 0 Å². The number of aliphatic hydroxyl groups excluding tert-OH is 1. The molecule has 2 heterocycles. The molecule has 2 aliphatic rings. The van der Waals surface area contributed by atoms with E-state index in [0.29, 0.717) is 39.0 Å². The molecule has 10 aromatic carbocycles. The second-order valence-electron chi connectivity index (χ2n) is 13.9. The van der Waals surface area contributed by atoms with Crippen molar-refractivity contribution >= 4 is 105 Å². The molecular formula is C46H24N2O4. The number of nitrogens with zero attached hydrogens (tertiary/aromatic N) is 2. The molecule has 2 aliphatic heterocycles. The zero-order valence-electron chi connectivity index (χ0n) is 27.3. The summed E-state index contributed by atoms with van der Waals surface area (Å²) in [7, 11) is 0. The number of benzene rings is 10. The van der Waals surface area contributed by atoms with Crippen LogP contribution >= 0.6 is 0 Å². The van der Waals surface area contributed by atoms with Crippen LogP contribution in [0.1, 0.15) is 42.9 Å². The summed E-state index contributed by atoms with van der Waals surface area (Å²) in [5.41, 5.74) is 3.51. The van der Waals surface area contributed by atoms with Crippen LogP contribution in [0.3, 0.4) is 0 Å². The molecule has 6 heteroatoms. The quantitative estimate of drug-likeness (QED) is 0.113. The smallest absolute Gasteiger partial charge is 0.265 e. The van der Waals surface area contributed by atoms with Crippen molar-refractivity contribution in [1.29, 1.82) is 0 Å². The largest absolute Gasteiger partial charge is 0.369 e. The third kappa shape index (κ3) is 3.18. The second kappa shape index (κ2) is 9.46. The van der Waals surface area contributed by atoms with Gasteiger partial charge in [0.1, 0.15) is 0 Å². The van der Waals surface area contributed by atoms with Gasteiger partial charge in [-0.25, -0.2) is 4.90 Å². The minimum Gasteiger partial charge on any atom is -0.369 e. The Morgan fingerprint density at radius 2 is 0.731 bits per heavy atom. The summed E-state index contributed by atoms with van der Waals surface area (Å²) in [6.45, 7) is 0. The third-order valence-electron chi connectivity index (χ3n) is 11.6. The van der Waals surface area contributed by atoms with Gasteiger partial charge in [0.2, 0.25) is 0 Å². The Morgan fingerprint density at radius 1 is 0.365 bits per heavy atom. The predicted molar refractivity (Wildman–Crippen MR) is 207 cm³/mol. The van der Waals surface area contributed by atoms with Gasteiger partial charge < -0.3 is 5.11 Å². The number of carbonyl (C=O) groups is 3. The number of hydrogen-bond donors (Lipinski definition) is 1. The number of para-hydroxylation sites is 2. The van der Waals surface area contributed by atoms with Crippen molar-refractivity contribution in [2.24, 2.45) is 0 Å². The number of fused-ring (bicyclic) bond motifs is 4. The van der Waals surface area contributed by atoms with Gasteiger partial charge in [0, 0.05) is 38.7 Å². The van der Waals surface area contributed by atoms with E-state index in [-0.39, 0.29) is 17.7 Å². The molecule has 0 spiro atoms. The Kier molecular flexibility index (Phi) is 5.07. The fourth-order valence-electron chi connectivity index (χ4n) is 9.43. The summed E-state index contributed by atoms with van der Waals surface area (Å²) in [4.78, 5) is 44.8. The maximum Gasteiger partial charge on any atom is 0.265 e. The highest BCUT2D eigenvalue weighted by Gasteiger charge is 2.37. The van der Waals surface area contributed by atoms with Crippen molar-refractivity contribution in [3.63, 3.8) is 0 Å². The Bertz CT molecular complexity index is 3140. The molecule has 0 fully saturated rings. The lowest BCUT2D eigenvalue weighted by molar-refractivity contribution is 0.0872. The molecule has 3 amide bonds. The molecule has 1 N–H and O–H groups in total. The molecule has 0 saturated carbocycles. The first kappa shape index (κ1) is 27.9. The third-order valence-corrected chi connectivity index (χ3v) is 11.6. The van der Waals surface area contributed by atoms with Gasteiger partial charge in [-0.3, -0.25) is 19.3 Å². The van der Waals surface area contributed by atoms with Gasteiger partial charge in [0.25, 0.3) is 17.7 Å². The molecule has 52 heavy (non-hydrogen) atoms. The van der Waals surface area contributed by atoms with E-state index in [1.807, 2.05) is 84.9 Å². The number of rotatable bonds is 2. The predicted octanol–water partition coefficient (Wildman–Crippen LogP) is 10.1. The normalized spacial score (nSPS) is 16.0. The minimum atomic E-state index is -1.12. The first-order valence-electron chi connectivity index (χ1n) is 17.3. The van der Waals surface area contributed by atoms with Crippen LogP contribution in [0.25, 0.3) is 75.4 Å². The second-order valence-corrected chi connectivity index (χ2v) is 13.9. The Morgan fingerprint density at radius 3 is 1.21 bits per heavy atom. The lowest BCUT2D eigenvalue weighted by Crippen LogP contribution is -2.40. The number of amides is 3. The maximum absolute atomic E-state index is 14.0. The molecule has 1 unspecified atom stereocenters. The van der Waals surface area contributed by atoms with Crippen LogP contribution in [-0.4, -0.2) is 22.8 Å². The Balaban J connectivity index is 1.15. The molecule has 6 nitrogen and oxygen atoms in total. The number of anilines is 2. The summed E-state index contributed by atoms with van der Waals surface area (Å²) in [5, 5.41) is 25.6. The number of carbonyl (C=O) groups excluding carboxylic acids is 3. The first-order chi connectivity index (χ1) is 25.5. The van der Waals surface area contributed by atoms with Crippen molar-refractivity contribution in [3.05, 3.63) is 156 Å². The van der Waals surface area contributed by atoms with Gasteiger partial charge in [0.15, 0.2) is 6.23 Å². The molecule has 1 atom stereocenters. The average Bonchev–Trinajstić information content (AvgIpc) is 3.18. The topological polar surface area (TPSA) is 77.9 Å². The molecule has 0 saturated heterocycles. The van der Waals surface area contributed by atoms with Crippen molar-refractivity contribution in [3.8, 4) is 0 Å². The van der Waals surface area contributed by atoms with Crippen LogP contribution in [0.2, 0.25) is 0 Å². The summed E-state index contributed by atoms with van der Waals surface area (Å²) in [6.07, 6.45) is -1.12. The molecule has 12 rings (SSSR count). The van der Waals surface area contributed by atoms with Gasteiger partial charge in [-0.05, 0) is 107 Å². The highest BCUT2D eigenvalue weighted by Crippen LogP contribution is 2.51. The van der Waals surface area contributed by atoms with E-state index in [1.165, 1.54) is 9.80 Å². The van der Waals surface area contributed by atoms with Crippen LogP contribution in [0.4, 0.5) is 11.4 Å². The van der Waals surface area contributed by atoms with Gasteiger partial charge in [-0.2, -0.15) is 0 Å². The van der Waals surface area contributed by atoms with Gasteiger partial charge in [0.05, 0.1) is 5.69 Å². The van der Waals surface area contributed by atoms with Crippen LogP contribution in [0.15, 0.2) is 133 Å². The summed E-state index contributed by atoms with van der Waals surface area (Å²) >= 11 is 0. The maximum atomic E-state index is 14.0. The highest BCUT2D eigenvalue weighted by molar-refractivity contribution is 6.46. The van der Waals surface area contributed by atoms with Crippen molar-refractivity contribution in [1.82, 2.24) is 0 Å². The zero-order chi connectivity index (χ0) is 34.6. The van der Waals surface area contributed by atoms with Crippen LogP contribution in [0.5, 0.6) is 0 Å². The van der Waals surface area contributed by atoms with Crippen molar-refractivity contribution in [2.75, 3.05) is 9.80 Å². The van der Waals surface area contributed by atoms with Gasteiger partial charge in [-0.1, -0.05) is 91.0 Å². The van der Waals surface area contributed by atoms with Gasteiger partial charge >= 0.3 is 0 Å². The highest BCUT2D eigenvalue weighted by atomic mass is 16.3. The van der Waals surface area contributed by atoms with E-state index in [2.05, 4.69) is 36.4 Å². The monoisotopic (exact) mass is 668 g/mol. The van der Waals surface area contributed by atoms with Crippen molar-refractivity contribution in [2.45, 2.75) is 6.23 Å². The first-order valence-corrected chi connectivity index (χ1v) is 17.3. The van der Waals surface area contributed by atoms with Crippen molar-refractivity contribution < 1.29 is 19.5 Å². The fraction of sp³-hybridized carbons (Fsp3) is 0.0217. The van der Waals surface area contributed by atoms with Crippen LogP contribution in [0, 0.1) is 0 Å². The Labute approximate surface area is 295 Å². The number of aliphatic hydroxyl groups is 1. The van der Waals surface area contributed by atoms with E-state index >= 15 is 0 Å². The van der Waals surface area contributed by atoms with E-state index < -0.39 is 6.23 Å². The number of imide groups is 1. The standard InChI is InChI=1S/C46H24N2O4/c49-43-33-19-15-29-25-11-13-27-31-17-21-35-42-36(46(52)48(45(35)51)24-9-5-2-6-10-24)22-18-32(40(31)42)28-14-12-26(37(25)38(27)28)30-16-20-34(41(33)39(29)30)44(50)47(43)23-7-3-1-4-8-23/h1-22,43,49H. The van der Waals surface area contributed by atoms with E-state index in [1.54, 1.807) is 12.1 Å². The molecule has 0 radical (unpaired) electrons. The Hall–Kier alpha value is -6.89. The van der Waals surface area contributed by atoms with Gasteiger partial charge in [-0.15, -0.1) is 0 Å². The minimum absolute atomic E-state index is 0.230. The van der Waals surface area contributed by atoms with E-state index in [9.17, 15) is 19.5 Å².